The Labute approximate surface area is 74.7 Å². The van der Waals surface area contributed by atoms with E-state index in [0.29, 0.717) is 5.29 Å². The van der Waals surface area contributed by atoms with Crippen molar-refractivity contribution in [1.29, 1.82) is 0 Å². The van der Waals surface area contributed by atoms with Crippen molar-refractivity contribution >= 4 is 16.9 Å². The van der Waals surface area contributed by atoms with E-state index in [9.17, 15) is 0 Å². The zero-order valence-corrected chi connectivity index (χ0v) is 6.95. The summed E-state index contributed by atoms with van der Waals surface area (Å²) in [5.41, 5.74) is 1.01. The third-order valence-corrected chi connectivity index (χ3v) is 1.82. The van der Waals surface area contributed by atoms with Gasteiger partial charge in [-0.3, -0.25) is 0 Å². The number of nitrogens with zero attached hydrogens (tertiary/aromatic N) is 1. The van der Waals surface area contributed by atoms with Crippen molar-refractivity contribution < 1.29 is 4.42 Å². The smallest absolute Gasteiger partial charge is 0.196 e. The lowest BCUT2D eigenvalue weighted by Gasteiger charge is -2.10. The molecule has 1 atom stereocenters. The molecule has 0 aliphatic carbocycles. The first-order valence-electron chi connectivity index (χ1n) is 3.55. The molecule has 0 bridgehead atoms. The van der Waals surface area contributed by atoms with Gasteiger partial charge in [-0.2, -0.15) is 0 Å². The molecule has 0 aromatic carbocycles. The van der Waals surface area contributed by atoms with Gasteiger partial charge in [0.15, 0.2) is 5.29 Å². The minimum absolute atomic E-state index is 0.0162. The third kappa shape index (κ3) is 1.36. The van der Waals surface area contributed by atoms with Crippen molar-refractivity contribution in [3.63, 3.8) is 0 Å². The highest BCUT2D eigenvalue weighted by Crippen LogP contribution is 2.21. The molecule has 4 heteroatoms. The van der Waals surface area contributed by atoms with E-state index < -0.39 is 0 Å². The number of aliphatic imine (C=N–C) groups is 1. The van der Waals surface area contributed by atoms with E-state index in [0.717, 1.165) is 5.56 Å². The number of nitrogens with one attached hydrogen (secondary N) is 1. The van der Waals surface area contributed by atoms with E-state index in [1.807, 2.05) is 12.1 Å². The van der Waals surface area contributed by atoms with Crippen LogP contribution in [0.15, 0.2) is 40.3 Å². The number of furan rings is 1. The average molecular weight is 183 g/mol. The van der Waals surface area contributed by atoms with E-state index >= 15 is 0 Å². The molecule has 0 amide bonds. The van der Waals surface area contributed by atoms with Crippen LogP contribution in [0.25, 0.3) is 0 Å². The van der Waals surface area contributed by atoms with Crippen molar-refractivity contribution in [2.75, 3.05) is 0 Å². The van der Waals surface area contributed by atoms with Crippen LogP contribution < -0.4 is 5.32 Å². The number of hydrogen-bond donors (Lipinski definition) is 1. The van der Waals surface area contributed by atoms with Crippen LogP contribution in [0.2, 0.25) is 0 Å². The lowest BCUT2D eigenvalue weighted by molar-refractivity contribution is 0.562. The maximum Gasteiger partial charge on any atom is 0.196 e. The minimum Gasteiger partial charge on any atom is -0.472 e. The van der Waals surface area contributed by atoms with E-state index in [1.54, 1.807) is 18.7 Å². The highest BCUT2D eigenvalue weighted by atomic mass is 35.5. The Kier molecular flexibility index (Phi) is 1.87. The van der Waals surface area contributed by atoms with E-state index in [4.69, 9.17) is 16.0 Å². The van der Waals surface area contributed by atoms with Gasteiger partial charge in [0.05, 0.1) is 12.5 Å². The maximum absolute atomic E-state index is 5.69. The zero-order valence-electron chi connectivity index (χ0n) is 6.20. The first-order chi connectivity index (χ1) is 5.86. The number of amidine groups is 1. The molecule has 1 aliphatic heterocycles. The van der Waals surface area contributed by atoms with Gasteiger partial charge in [0.2, 0.25) is 0 Å². The summed E-state index contributed by atoms with van der Waals surface area (Å²) in [5, 5.41) is 3.18. The van der Waals surface area contributed by atoms with E-state index in [-0.39, 0.29) is 6.04 Å². The molecule has 1 unspecified atom stereocenters. The fourth-order valence-corrected chi connectivity index (χ4v) is 1.21. The molecule has 0 spiro atoms. The molecule has 1 aliphatic rings. The normalized spacial score (nSPS) is 21.8. The third-order valence-electron chi connectivity index (χ3n) is 1.62. The number of hydrogen-bond acceptors (Lipinski definition) is 3. The van der Waals surface area contributed by atoms with Crippen LogP contribution in [0.4, 0.5) is 0 Å². The van der Waals surface area contributed by atoms with Gasteiger partial charge in [-0.1, -0.05) is 0 Å². The molecule has 1 N–H and O–H groups in total. The van der Waals surface area contributed by atoms with Gasteiger partial charge in [-0.05, 0) is 23.7 Å². The Morgan fingerprint density at radius 2 is 2.50 bits per heavy atom. The highest BCUT2D eigenvalue weighted by molar-refractivity contribution is 6.64. The fraction of sp³-hybridized carbons (Fsp3) is 0.125. The standard InChI is InChI=1S/C8H7ClN2O/c9-8-10-3-1-7(11-8)6-2-4-12-5-6/h1-5,7H,(H,10,11). The number of rotatable bonds is 1. The van der Waals surface area contributed by atoms with Gasteiger partial charge >= 0.3 is 0 Å². The van der Waals surface area contributed by atoms with Crippen molar-refractivity contribution in [3.05, 3.63) is 36.4 Å². The predicted molar refractivity (Wildman–Crippen MR) is 47.0 cm³/mol. The summed E-state index contributed by atoms with van der Waals surface area (Å²) in [6, 6.07) is 1.85. The van der Waals surface area contributed by atoms with Gasteiger partial charge in [0, 0.05) is 11.8 Å². The van der Waals surface area contributed by atoms with Crippen molar-refractivity contribution in [1.82, 2.24) is 5.32 Å². The first-order valence-corrected chi connectivity index (χ1v) is 3.92. The summed E-state index contributed by atoms with van der Waals surface area (Å²) in [6.45, 7) is 0. The summed E-state index contributed by atoms with van der Waals surface area (Å²) in [6.07, 6.45) is 6.96. The van der Waals surface area contributed by atoms with Crippen LogP contribution in [-0.4, -0.2) is 5.29 Å². The minimum atomic E-state index is -0.0162. The van der Waals surface area contributed by atoms with Crippen molar-refractivity contribution in [2.45, 2.75) is 6.04 Å². The lowest BCUT2D eigenvalue weighted by Crippen LogP contribution is -2.15. The topological polar surface area (TPSA) is 37.5 Å². The van der Waals surface area contributed by atoms with Crippen LogP contribution in [0.1, 0.15) is 11.6 Å². The van der Waals surface area contributed by atoms with E-state index in [1.165, 1.54) is 0 Å². The predicted octanol–water partition coefficient (Wildman–Crippen LogP) is 2.03. The molecule has 2 rings (SSSR count). The van der Waals surface area contributed by atoms with Crippen LogP contribution in [0, 0.1) is 0 Å². The molecule has 3 nitrogen and oxygen atoms in total. The summed E-state index contributed by atoms with van der Waals surface area (Å²) >= 11 is 5.69. The Balaban J connectivity index is 2.25. The molecule has 0 saturated heterocycles. The molecule has 1 aromatic heterocycles. The average Bonchev–Trinajstić information content (AvgIpc) is 2.56. The van der Waals surface area contributed by atoms with Gasteiger partial charge in [-0.15, -0.1) is 0 Å². The summed E-state index contributed by atoms with van der Waals surface area (Å²) in [7, 11) is 0. The van der Waals surface area contributed by atoms with Gasteiger partial charge < -0.3 is 9.73 Å². The SMILES string of the molecule is ClC1=NC(c2ccoc2)C=CN1. The fourth-order valence-electron chi connectivity index (χ4n) is 1.04. The monoisotopic (exact) mass is 182 g/mol. The van der Waals surface area contributed by atoms with Crippen LogP contribution in [0.5, 0.6) is 0 Å². The molecule has 12 heavy (non-hydrogen) atoms. The second-order valence-corrected chi connectivity index (χ2v) is 2.78. The number of halogens is 1. The van der Waals surface area contributed by atoms with Crippen molar-refractivity contribution in [3.8, 4) is 0 Å². The lowest BCUT2D eigenvalue weighted by atomic mass is 10.1. The summed E-state index contributed by atoms with van der Waals surface area (Å²) < 4.78 is 4.94. The summed E-state index contributed by atoms with van der Waals surface area (Å²) in [4.78, 5) is 4.15. The van der Waals surface area contributed by atoms with E-state index in [2.05, 4.69) is 10.3 Å². The first kappa shape index (κ1) is 7.43. The quantitative estimate of drug-likeness (QED) is 0.675. The van der Waals surface area contributed by atoms with Gasteiger partial charge in [-0.25, -0.2) is 4.99 Å². The van der Waals surface area contributed by atoms with Gasteiger partial charge in [0.1, 0.15) is 6.04 Å². The molecular weight excluding hydrogens is 176 g/mol. The molecule has 0 radical (unpaired) electrons. The molecular formula is C8H7ClN2O. The molecule has 62 valence electrons. The Morgan fingerprint density at radius 1 is 1.58 bits per heavy atom. The molecule has 0 saturated carbocycles. The Hall–Kier alpha value is -1.22. The Bertz CT molecular complexity index is 316. The molecule has 2 heterocycles. The second kappa shape index (κ2) is 3.03. The highest BCUT2D eigenvalue weighted by Gasteiger charge is 2.10. The van der Waals surface area contributed by atoms with Crippen molar-refractivity contribution in [2.24, 2.45) is 4.99 Å². The Morgan fingerprint density at radius 3 is 3.17 bits per heavy atom. The molecule has 1 aromatic rings. The van der Waals surface area contributed by atoms with Crippen LogP contribution in [0.3, 0.4) is 0 Å². The van der Waals surface area contributed by atoms with Crippen LogP contribution in [-0.2, 0) is 0 Å². The maximum atomic E-state index is 5.69. The summed E-state index contributed by atoms with van der Waals surface area (Å²) in [5.74, 6) is 0. The largest absolute Gasteiger partial charge is 0.472 e. The zero-order chi connectivity index (χ0) is 8.39. The molecule has 0 fully saturated rings. The van der Waals surface area contributed by atoms with Gasteiger partial charge in [0.25, 0.3) is 0 Å². The second-order valence-electron chi connectivity index (χ2n) is 2.42. The van der Waals surface area contributed by atoms with Crippen LogP contribution >= 0.6 is 11.6 Å².